The minimum atomic E-state index is -0.125. The molecule has 0 saturated heterocycles. The van der Waals surface area contributed by atoms with Crippen LogP contribution in [0.15, 0.2) is 194 Å². The van der Waals surface area contributed by atoms with Crippen molar-refractivity contribution in [2.45, 2.75) is 0 Å². The predicted octanol–water partition coefficient (Wildman–Crippen LogP) is 11.3. The molecule has 10 heteroatoms. The second-order valence-corrected chi connectivity index (χ2v) is 13.5. The van der Waals surface area contributed by atoms with E-state index in [-0.39, 0.29) is 11.6 Å². The zero-order chi connectivity index (χ0) is 41.8. The second kappa shape index (κ2) is 18.6. The van der Waals surface area contributed by atoms with E-state index in [1.807, 2.05) is 24.3 Å². The minimum absolute atomic E-state index is 0.0824. The van der Waals surface area contributed by atoms with Crippen LogP contribution in [0, 0.1) is 0 Å². The molecule has 0 bridgehead atoms. The number of anilines is 4. The Balaban J connectivity index is 0.000000181. The van der Waals surface area contributed by atoms with Crippen LogP contribution < -0.4 is 41.9 Å². The molecule has 60 heavy (non-hydrogen) atoms. The molecule has 0 aromatic heterocycles. The van der Waals surface area contributed by atoms with Crippen LogP contribution in [0.2, 0.25) is 0 Å². The van der Waals surface area contributed by atoms with E-state index in [9.17, 15) is 9.59 Å². The number of benzene rings is 8. The van der Waals surface area contributed by atoms with Crippen LogP contribution in [0.1, 0.15) is 31.8 Å². The summed E-state index contributed by atoms with van der Waals surface area (Å²) >= 11 is 0. The van der Waals surface area contributed by atoms with Gasteiger partial charge in [-0.2, -0.15) is 0 Å². The topological polar surface area (TPSA) is 175 Å². The van der Waals surface area contributed by atoms with E-state index in [0.29, 0.717) is 91.0 Å². The Hall–Kier alpha value is -8.50. The van der Waals surface area contributed by atoms with E-state index in [0.717, 1.165) is 0 Å². The predicted molar refractivity (Wildman–Crippen MR) is 236 cm³/mol. The van der Waals surface area contributed by atoms with Gasteiger partial charge in [0.2, 0.25) is 0 Å². The van der Waals surface area contributed by atoms with Crippen molar-refractivity contribution in [3.05, 3.63) is 216 Å². The average Bonchev–Trinajstić information content (AvgIpc) is 3.26. The van der Waals surface area contributed by atoms with E-state index >= 15 is 0 Å². The highest BCUT2D eigenvalue weighted by atomic mass is 16.5. The number of ketones is 2. The summed E-state index contributed by atoms with van der Waals surface area (Å²) in [7, 11) is 0. The Morgan fingerprint density at radius 3 is 0.883 bits per heavy atom. The van der Waals surface area contributed by atoms with E-state index in [4.69, 9.17) is 41.9 Å². The third kappa shape index (κ3) is 10.9. The van der Waals surface area contributed by atoms with Crippen molar-refractivity contribution in [2.75, 3.05) is 22.9 Å². The molecule has 0 unspecified atom stereocenters. The number of rotatable bonds is 12. The molecule has 8 rings (SSSR count). The first kappa shape index (κ1) is 39.7. The van der Waals surface area contributed by atoms with Crippen LogP contribution in [0.4, 0.5) is 22.7 Å². The Morgan fingerprint density at radius 2 is 0.550 bits per heavy atom. The van der Waals surface area contributed by atoms with Crippen molar-refractivity contribution in [3.63, 3.8) is 0 Å². The third-order valence-corrected chi connectivity index (χ3v) is 8.84. The average molecular weight is 793 g/mol. The fourth-order valence-corrected chi connectivity index (χ4v) is 5.86. The van der Waals surface area contributed by atoms with Crippen LogP contribution in [0.5, 0.6) is 46.0 Å². The van der Waals surface area contributed by atoms with Gasteiger partial charge in [-0.05, 0) is 146 Å². The van der Waals surface area contributed by atoms with Gasteiger partial charge in [0.1, 0.15) is 46.0 Å². The van der Waals surface area contributed by atoms with Gasteiger partial charge in [-0.1, -0.05) is 36.4 Å². The highest BCUT2D eigenvalue weighted by molar-refractivity contribution is 6.09. The van der Waals surface area contributed by atoms with Gasteiger partial charge in [-0.15, -0.1) is 0 Å². The Labute approximate surface area is 347 Å². The summed E-state index contributed by atoms with van der Waals surface area (Å²) in [6, 6.07) is 56.6. The number of carbonyl (C=O) groups is 2. The van der Waals surface area contributed by atoms with Gasteiger partial charge < -0.3 is 41.9 Å². The van der Waals surface area contributed by atoms with Crippen LogP contribution in [-0.4, -0.2) is 11.6 Å². The van der Waals surface area contributed by atoms with Gasteiger partial charge in [0.15, 0.2) is 11.6 Å². The minimum Gasteiger partial charge on any atom is -0.457 e. The number of hydrogen-bond acceptors (Lipinski definition) is 10. The molecule has 0 spiro atoms. The maximum atomic E-state index is 13.0. The van der Waals surface area contributed by atoms with Crippen LogP contribution >= 0.6 is 0 Å². The van der Waals surface area contributed by atoms with Crippen molar-refractivity contribution < 1.29 is 28.5 Å². The number of carbonyl (C=O) groups excluding carboxylic acids is 2. The van der Waals surface area contributed by atoms with E-state index in [1.54, 1.807) is 170 Å². The Morgan fingerprint density at radius 1 is 0.267 bits per heavy atom. The highest BCUT2D eigenvalue weighted by Crippen LogP contribution is 2.29. The summed E-state index contributed by atoms with van der Waals surface area (Å²) in [5, 5.41) is 0. The van der Waals surface area contributed by atoms with Gasteiger partial charge >= 0.3 is 0 Å². The van der Waals surface area contributed by atoms with Crippen molar-refractivity contribution in [3.8, 4) is 46.0 Å². The molecule has 0 aliphatic rings. The summed E-state index contributed by atoms with van der Waals surface area (Å²) < 4.78 is 23.2. The lowest BCUT2D eigenvalue weighted by Crippen LogP contribution is -2.01. The SMILES string of the molecule is Nc1ccc(Oc2cccc(C(=O)c3cccc(Oc4ccc(N)cc4)c3)c2)cc1.Nc1cccc(Oc2ccc(C(=O)c3ccc(Oc4cccc(N)c4)cc3)cc2)c1. The lowest BCUT2D eigenvalue weighted by atomic mass is 10.0. The maximum absolute atomic E-state index is 13.0. The largest absolute Gasteiger partial charge is 0.457 e. The molecule has 0 amide bonds. The third-order valence-electron chi connectivity index (χ3n) is 8.84. The van der Waals surface area contributed by atoms with Crippen LogP contribution in [0.3, 0.4) is 0 Å². The van der Waals surface area contributed by atoms with E-state index < -0.39 is 0 Å². The van der Waals surface area contributed by atoms with E-state index in [2.05, 4.69) is 0 Å². The first-order valence-electron chi connectivity index (χ1n) is 18.8. The van der Waals surface area contributed by atoms with Crippen molar-refractivity contribution >= 4 is 34.3 Å². The quantitative estimate of drug-likeness (QED) is 0.0688. The van der Waals surface area contributed by atoms with Crippen molar-refractivity contribution in [1.29, 1.82) is 0 Å². The molecule has 10 nitrogen and oxygen atoms in total. The van der Waals surface area contributed by atoms with Gasteiger partial charge in [0.25, 0.3) is 0 Å². The maximum Gasteiger partial charge on any atom is 0.193 e. The number of hydrogen-bond donors (Lipinski definition) is 4. The number of nitrogens with two attached hydrogens (primary N) is 4. The fourth-order valence-electron chi connectivity index (χ4n) is 5.86. The molecular weight excluding hydrogens is 753 g/mol. The lowest BCUT2D eigenvalue weighted by Gasteiger charge is -2.09. The first-order valence-corrected chi connectivity index (χ1v) is 18.8. The summed E-state index contributed by atoms with van der Waals surface area (Å²) in [4.78, 5) is 25.8. The van der Waals surface area contributed by atoms with Gasteiger partial charge in [0, 0.05) is 57.1 Å². The van der Waals surface area contributed by atoms with Crippen LogP contribution in [0.25, 0.3) is 0 Å². The monoisotopic (exact) mass is 792 g/mol. The molecule has 296 valence electrons. The molecule has 0 aliphatic heterocycles. The molecule has 0 saturated carbocycles. The summed E-state index contributed by atoms with van der Waals surface area (Å²) in [5.74, 6) is 4.77. The zero-order valence-electron chi connectivity index (χ0n) is 32.2. The standard InChI is InChI=1S/2C25H20N2O3/c26-19-3-1-5-23(15-19)29-21-11-7-17(8-12-21)25(28)18-9-13-22(14-10-18)30-24-6-2-4-20(27)16-24;26-19-7-11-21(12-8-19)29-23-5-1-3-17(15-23)25(28)18-4-2-6-24(16-18)30-22-13-9-20(27)10-14-22/h2*1-16H,26-27H2. The zero-order valence-corrected chi connectivity index (χ0v) is 32.2. The molecule has 0 radical (unpaired) electrons. The molecule has 0 heterocycles. The normalized spacial score (nSPS) is 10.4. The van der Waals surface area contributed by atoms with Gasteiger partial charge in [0.05, 0.1) is 0 Å². The molecule has 8 aromatic rings. The lowest BCUT2D eigenvalue weighted by molar-refractivity contribution is 0.103. The number of nitrogen functional groups attached to an aromatic ring is 4. The molecule has 0 aliphatic carbocycles. The smallest absolute Gasteiger partial charge is 0.193 e. The fraction of sp³-hybridized carbons (Fsp3) is 0. The van der Waals surface area contributed by atoms with Crippen molar-refractivity contribution in [2.24, 2.45) is 0 Å². The first-order chi connectivity index (χ1) is 29.1. The molecule has 8 N–H and O–H groups in total. The summed E-state index contributed by atoms with van der Waals surface area (Å²) in [6.45, 7) is 0. The summed E-state index contributed by atoms with van der Waals surface area (Å²) in [6.07, 6.45) is 0. The van der Waals surface area contributed by atoms with Gasteiger partial charge in [-0.3, -0.25) is 9.59 Å². The van der Waals surface area contributed by atoms with Crippen LogP contribution in [-0.2, 0) is 0 Å². The Bertz CT molecular complexity index is 2530. The van der Waals surface area contributed by atoms with Gasteiger partial charge in [-0.25, -0.2) is 0 Å². The van der Waals surface area contributed by atoms with E-state index in [1.165, 1.54) is 0 Å². The second-order valence-electron chi connectivity index (χ2n) is 13.5. The molecule has 0 atom stereocenters. The molecular formula is C50H40N4O6. The number of ether oxygens (including phenoxy) is 4. The molecule has 0 fully saturated rings. The summed E-state index contributed by atoms with van der Waals surface area (Å²) in [5.41, 5.74) is 27.7. The Kier molecular flexibility index (Phi) is 12.3. The highest BCUT2D eigenvalue weighted by Gasteiger charge is 2.13. The molecule has 8 aromatic carbocycles. The van der Waals surface area contributed by atoms with Crippen molar-refractivity contribution in [1.82, 2.24) is 0 Å².